The lowest BCUT2D eigenvalue weighted by Gasteiger charge is -2.55. The molecule has 3 N–H and O–H groups in total. The quantitative estimate of drug-likeness (QED) is 0.350. The van der Waals surface area contributed by atoms with E-state index in [0.717, 1.165) is 4.90 Å². The normalized spacial score (nSPS) is 27.7. The third-order valence-electron chi connectivity index (χ3n) is 7.82. The highest BCUT2D eigenvalue weighted by molar-refractivity contribution is 7.94. The minimum Gasteiger partial charge on any atom is -0.356 e. The highest BCUT2D eigenvalue weighted by Gasteiger charge is 2.61. The van der Waals surface area contributed by atoms with Gasteiger partial charge in [-0.2, -0.15) is 17.6 Å². The monoisotopic (exact) mass is 632 g/mol. The summed E-state index contributed by atoms with van der Waals surface area (Å²) in [7, 11) is -4.38. The molecule has 3 heterocycles. The van der Waals surface area contributed by atoms with E-state index < -0.39 is 98.6 Å². The molecule has 4 amide bonds. The van der Waals surface area contributed by atoms with Gasteiger partial charge in [-0.25, -0.2) is 17.2 Å². The zero-order valence-electron chi connectivity index (χ0n) is 23.4. The summed E-state index contributed by atoms with van der Waals surface area (Å²) in [5.74, 6) is -11.3. The van der Waals surface area contributed by atoms with E-state index in [1.54, 1.807) is 5.32 Å². The average Bonchev–Trinajstić information content (AvgIpc) is 3.22. The van der Waals surface area contributed by atoms with Gasteiger partial charge in [0.1, 0.15) is 12.1 Å². The number of hydrogen-bond donors (Lipinski definition) is 3. The van der Waals surface area contributed by atoms with Crippen molar-refractivity contribution in [3.05, 3.63) is 11.2 Å². The smallest absolute Gasteiger partial charge is 0.356 e. The zero-order valence-corrected chi connectivity index (χ0v) is 24.2. The number of carbonyl (C=O) groups is 4. The fraction of sp³-hybridized carbons (Fsp3) is 0.760. The van der Waals surface area contributed by atoms with Crippen LogP contribution in [0.2, 0.25) is 0 Å². The van der Waals surface area contributed by atoms with E-state index in [1.807, 2.05) is 0 Å². The number of alkyl halides is 5. The molecule has 0 aromatic carbocycles. The van der Waals surface area contributed by atoms with E-state index in [4.69, 9.17) is 0 Å². The molecule has 42 heavy (non-hydrogen) atoms. The fourth-order valence-corrected chi connectivity index (χ4v) is 6.14. The summed E-state index contributed by atoms with van der Waals surface area (Å²) in [4.78, 5) is 52.0. The number of halogens is 6. The molecule has 6 atom stereocenters. The summed E-state index contributed by atoms with van der Waals surface area (Å²) in [6.07, 6.45) is -5.38. The Labute approximate surface area is 238 Å². The van der Waals surface area contributed by atoms with Gasteiger partial charge in [-0.3, -0.25) is 19.2 Å². The van der Waals surface area contributed by atoms with Crippen molar-refractivity contribution in [2.24, 2.45) is 17.3 Å². The van der Waals surface area contributed by atoms with Crippen LogP contribution in [-0.4, -0.2) is 86.0 Å². The number of sulfone groups is 1. The third kappa shape index (κ3) is 7.37. The van der Waals surface area contributed by atoms with Crippen LogP contribution in [0.25, 0.3) is 0 Å². The van der Waals surface area contributed by atoms with E-state index in [9.17, 15) is 45.2 Å². The van der Waals surface area contributed by atoms with Crippen LogP contribution in [0.3, 0.4) is 0 Å². The first-order valence-corrected chi connectivity index (χ1v) is 15.2. The molecule has 10 nitrogen and oxygen atoms in total. The second-order valence-corrected chi connectivity index (χ2v) is 14.1. The first-order chi connectivity index (χ1) is 19.0. The molecule has 0 spiro atoms. The lowest BCUT2D eigenvalue weighted by molar-refractivity contribution is -0.197. The Kier molecular flexibility index (Phi) is 9.36. The molecular formula is C25H34F6N4O6S. The zero-order chi connectivity index (χ0) is 32.0. The van der Waals surface area contributed by atoms with Crippen LogP contribution in [-0.2, 0) is 29.0 Å². The number of piperidine rings is 2. The van der Waals surface area contributed by atoms with Gasteiger partial charge in [0.25, 0.3) is 5.92 Å². The number of nitrogens with one attached hydrogen (secondary N) is 3. The molecule has 1 aliphatic carbocycles. The van der Waals surface area contributed by atoms with Crippen molar-refractivity contribution in [3.63, 3.8) is 0 Å². The predicted molar refractivity (Wildman–Crippen MR) is 136 cm³/mol. The minimum absolute atomic E-state index is 0.00808. The Bertz CT molecular complexity index is 1250. The van der Waals surface area contributed by atoms with Crippen molar-refractivity contribution in [3.8, 4) is 0 Å². The van der Waals surface area contributed by atoms with E-state index in [1.165, 1.54) is 20.8 Å². The number of fused-ring (bicyclic) bond motifs is 3. The van der Waals surface area contributed by atoms with Crippen LogP contribution in [0.5, 0.6) is 0 Å². The molecule has 4 rings (SSSR count). The van der Waals surface area contributed by atoms with Crippen LogP contribution in [0, 0.1) is 17.3 Å². The third-order valence-corrected chi connectivity index (χ3v) is 8.66. The van der Waals surface area contributed by atoms with Gasteiger partial charge in [0.2, 0.25) is 32.7 Å². The number of rotatable bonds is 8. The molecule has 0 radical (unpaired) electrons. The fourth-order valence-electron chi connectivity index (χ4n) is 5.73. The van der Waals surface area contributed by atoms with Crippen molar-refractivity contribution >= 4 is 33.5 Å². The summed E-state index contributed by atoms with van der Waals surface area (Å²) in [5.41, 5.74) is -1.35. The molecule has 4 fully saturated rings. The lowest BCUT2D eigenvalue weighted by Crippen LogP contribution is -2.71. The van der Waals surface area contributed by atoms with Crippen molar-refractivity contribution in [2.75, 3.05) is 12.8 Å². The van der Waals surface area contributed by atoms with E-state index in [-0.39, 0.29) is 32.2 Å². The van der Waals surface area contributed by atoms with Gasteiger partial charge >= 0.3 is 12.1 Å². The topological polar surface area (TPSA) is 142 Å². The van der Waals surface area contributed by atoms with Gasteiger partial charge in [-0.1, -0.05) is 20.8 Å². The lowest BCUT2D eigenvalue weighted by atomic mass is 9.70. The molecule has 3 saturated heterocycles. The Morgan fingerprint density at radius 1 is 1.12 bits per heavy atom. The van der Waals surface area contributed by atoms with Crippen LogP contribution < -0.4 is 16.0 Å². The largest absolute Gasteiger partial charge is 0.471 e. The maximum absolute atomic E-state index is 15.1. The van der Waals surface area contributed by atoms with Crippen LogP contribution in [0.15, 0.2) is 11.2 Å². The van der Waals surface area contributed by atoms with Gasteiger partial charge in [0.15, 0.2) is 0 Å². The van der Waals surface area contributed by atoms with Crippen LogP contribution in [0.4, 0.5) is 26.3 Å². The summed E-state index contributed by atoms with van der Waals surface area (Å²) < 4.78 is 107. The molecule has 17 heteroatoms. The Balaban J connectivity index is 2.00. The number of carbonyl (C=O) groups excluding carboxylic acids is 4. The molecule has 4 aliphatic rings. The molecule has 3 aliphatic heterocycles. The van der Waals surface area contributed by atoms with Crippen LogP contribution >= 0.6 is 0 Å². The van der Waals surface area contributed by atoms with Gasteiger partial charge < -0.3 is 20.9 Å². The summed E-state index contributed by atoms with van der Waals surface area (Å²) in [6, 6.07) is -6.56. The Hall–Kier alpha value is -2.85. The standard InChI is InChI=1S/C25H34F6N4O6S/c1-23(2,3)18(34-22(39)25(29,30)31)21(38)35-14-5-6-15(24(27,28)11-14)17(35)20(37)33-13(10-16(26)42(4,40)41)9-12-7-8-32-19(12)36/h10,12-15,17-18H,5-9,11H2,1-4H3,(H,32,36)(H,33,37)(H,34,39)/b16-10-/t12-,13+,14+,15+,17+,18+/m0/s1. The molecule has 0 unspecified atom stereocenters. The van der Waals surface area contributed by atoms with Gasteiger partial charge in [-0.05, 0) is 37.2 Å². The first kappa shape index (κ1) is 33.6. The van der Waals surface area contributed by atoms with E-state index >= 15 is 8.78 Å². The highest BCUT2D eigenvalue weighted by Crippen LogP contribution is 2.49. The van der Waals surface area contributed by atoms with Crippen molar-refractivity contribution in [1.29, 1.82) is 0 Å². The molecule has 1 saturated carbocycles. The van der Waals surface area contributed by atoms with Crippen molar-refractivity contribution in [1.82, 2.24) is 20.9 Å². The minimum atomic E-state index is -5.36. The van der Waals surface area contributed by atoms with Crippen LogP contribution in [0.1, 0.15) is 52.9 Å². The number of hydrogen-bond acceptors (Lipinski definition) is 6. The summed E-state index contributed by atoms with van der Waals surface area (Å²) in [5, 5.41) is 4.81. The van der Waals surface area contributed by atoms with Crippen molar-refractivity contribution in [2.45, 2.75) is 89.1 Å². The highest BCUT2D eigenvalue weighted by atomic mass is 32.2. The maximum Gasteiger partial charge on any atom is 0.471 e. The van der Waals surface area contributed by atoms with E-state index in [2.05, 4.69) is 10.6 Å². The summed E-state index contributed by atoms with van der Waals surface area (Å²) >= 11 is 0. The van der Waals surface area contributed by atoms with Gasteiger partial charge in [0, 0.05) is 31.2 Å². The van der Waals surface area contributed by atoms with Crippen molar-refractivity contribution < 1.29 is 53.9 Å². The number of nitrogens with zero attached hydrogens (tertiary/aromatic N) is 1. The Morgan fingerprint density at radius 2 is 1.74 bits per heavy atom. The van der Waals surface area contributed by atoms with Gasteiger partial charge in [0.05, 0.1) is 12.0 Å². The summed E-state index contributed by atoms with van der Waals surface area (Å²) in [6.45, 7) is 4.31. The molecular weight excluding hydrogens is 598 g/mol. The molecule has 0 aromatic heterocycles. The predicted octanol–water partition coefficient (Wildman–Crippen LogP) is 1.96. The molecule has 0 aromatic rings. The second kappa shape index (κ2) is 11.7. The van der Waals surface area contributed by atoms with E-state index in [0.29, 0.717) is 12.3 Å². The Morgan fingerprint density at radius 3 is 2.21 bits per heavy atom. The average molecular weight is 633 g/mol. The first-order valence-electron chi connectivity index (χ1n) is 13.3. The van der Waals surface area contributed by atoms with Gasteiger partial charge in [-0.15, -0.1) is 0 Å². The maximum atomic E-state index is 15.1. The SMILES string of the molecule is CC(C)(C)[C@H](NC(=O)C(F)(F)F)C(=O)N1[C@@H]2CC[C@H]([C@@H]1C(=O)N[C@@H](/C=C(/F)S(C)(=O)=O)C[C@@H]1CCNC1=O)C(F)(F)C2. The number of amides is 4. The molecule has 238 valence electrons. The second-order valence-electron chi connectivity index (χ2n) is 12.1. The molecule has 2 bridgehead atoms.